The highest BCUT2D eigenvalue weighted by Gasteiger charge is 2.30. The van der Waals surface area contributed by atoms with Gasteiger partial charge in [-0.1, -0.05) is 30.8 Å². The second kappa shape index (κ2) is 10.4. The first-order chi connectivity index (χ1) is 16.5. The van der Waals surface area contributed by atoms with Crippen molar-refractivity contribution in [1.82, 2.24) is 15.0 Å². The van der Waals surface area contributed by atoms with Crippen LogP contribution in [0, 0.1) is 0 Å². The van der Waals surface area contributed by atoms with E-state index in [2.05, 4.69) is 15.3 Å². The number of imidazole rings is 1. The molecule has 1 atom stereocenters. The van der Waals surface area contributed by atoms with Crippen LogP contribution in [-0.2, 0) is 6.54 Å². The summed E-state index contributed by atoms with van der Waals surface area (Å²) in [4.78, 5) is 31.8. The Morgan fingerprint density at radius 3 is 2.71 bits per heavy atom. The molecule has 0 saturated heterocycles. The van der Waals surface area contributed by atoms with E-state index in [1.165, 1.54) is 29.3 Å². The van der Waals surface area contributed by atoms with Crippen LogP contribution in [-0.4, -0.2) is 51.3 Å². The quantitative estimate of drug-likeness (QED) is 0.491. The third kappa shape index (κ3) is 5.07. The average molecular weight is 480 g/mol. The highest BCUT2D eigenvalue weighted by atomic mass is 32.2. The number of hydrazone groups is 1. The number of benzene rings is 2. The largest absolute Gasteiger partial charge is 0.493 e. The molecule has 0 saturated carbocycles. The Morgan fingerprint density at radius 1 is 1.18 bits per heavy atom. The molecule has 34 heavy (non-hydrogen) atoms. The molecular formula is C24H25N5O4S. The standard InChI is InChI=1S/C24H25N5O4S/c1-4-21-22(16-8-9-19(32-2)20(11-16)33-3)28-29(24(31)34-21)13-15-6-5-7-17(10-15)27-23(30)18-12-25-14-26-18/h5-12,14,21H,4,13H2,1-3H3,(H,25,26)(H,27,30). The Labute approximate surface area is 201 Å². The molecule has 2 aromatic carbocycles. The number of anilines is 1. The van der Waals surface area contributed by atoms with E-state index in [9.17, 15) is 9.59 Å². The second-order valence-electron chi connectivity index (χ2n) is 7.51. The number of methoxy groups -OCH3 is 2. The van der Waals surface area contributed by atoms with E-state index >= 15 is 0 Å². The van der Waals surface area contributed by atoms with E-state index in [0.29, 0.717) is 22.9 Å². The van der Waals surface area contributed by atoms with Crippen molar-refractivity contribution in [2.45, 2.75) is 25.1 Å². The molecular weight excluding hydrogens is 454 g/mol. The third-order valence-electron chi connectivity index (χ3n) is 5.30. The zero-order chi connectivity index (χ0) is 24.1. The number of H-pyrrole nitrogens is 1. The molecule has 0 aliphatic carbocycles. The van der Waals surface area contributed by atoms with Gasteiger partial charge in [-0.05, 0) is 42.3 Å². The minimum absolute atomic E-state index is 0.0677. The number of aromatic nitrogens is 2. The molecule has 0 radical (unpaired) electrons. The molecule has 176 valence electrons. The van der Waals surface area contributed by atoms with Crippen LogP contribution < -0.4 is 14.8 Å². The lowest BCUT2D eigenvalue weighted by atomic mass is 10.0. The fourth-order valence-electron chi connectivity index (χ4n) is 3.59. The topological polar surface area (TPSA) is 109 Å². The number of amides is 2. The summed E-state index contributed by atoms with van der Waals surface area (Å²) in [6, 6.07) is 13.0. The van der Waals surface area contributed by atoms with Crippen molar-refractivity contribution < 1.29 is 19.1 Å². The Balaban J connectivity index is 1.58. The molecule has 0 bridgehead atoms. The molecule has 10 heteroatoms. The van der Waals surface area contributed by atoms with E-state index in [-0.39, 0.29) is 22.9 Å². The molecule has 4 rings (SSSR count). The Bertz CT molecular complexity index is 1210. The van der Waals surface area contributed by atoms with Gasteiger partial charge in [-0.15, -0.1) is 0 Å². The minimum atomic E-state index is -0.293. The molecule has 3 aromatic rings. The summed E-state index contributed by atoms with van der Waals surface area (Å²) in [6.07, 6.45) is 3.66. The van der Waals surface area contributed by atoms with Crippen LogP contribution >= 0.6 is 11.8 Å². The third-order valence-corrected chi connectivity index (χ3v) is 6.55. The number of hydrogen-bond acceptors (Lipinski definition) is 7. The lowest BCUT2D eigenvalue weighted by Crippen LogP contribution is -2.34. The van der Waals surface area contributed by atoms with Gasteiger partial charge in [0.1, 0.15) is 5.69 Å². The zero-order valence-corrected chi connectivity index (χ0v) is 19.9. The highest BCUT2D eigenvalue weighted by Crippen LogP contribution is 2.33. The van der Waals surface area contributed by atoms with Gasteiger partial charge in [0.25, 0.3) is 5.91 Å². The lowest BCUT2D eigenvalue weighted by Gasteiger charge is -2.28. The average Bonchev–Trinajstić information content (AvgIpc) is 3.40. The van der Waals surface area contributed by atoms with E-state index in [1.54, 1.807) is 20.3 Å². The van der Waals surface area contributed by atoms with Crippen LogP contribution in [0.25, 0.3) is 0 Å². The summed E-state index contributed by atoms with van der Waals surface area (Å²) in [6.45, 7) is 2.30. The van der Waals surface area contributed by atoms with Crippen LogP contribution in [0.2, 0.25) is 0 Å². The van der Waals surface area contributed by atoms with Gasteiger partial charge in [0.15, 0.2) is 11.5 Å². The zero-order valence-electron chi connectivity index (χ0n) is 19.1. The number of rotatable bonds is 8. The Kier molecular flexibility index (Phi) is 7.17. The molecule has 1 aliphatic heterocycles. The van der Waals surface area contributed by atoms with Gasteiger partial charge in [-0.2, -0.15) is 5.10 Å². The highest BCUT2D eigenvalue weighted by molar-refractivity contribution is 8.14. The first-order valence-electron chi connectivity index (χ1n) is 10.7. The molecule has 2 N–H and O–H groups in total. The molecule has 1 aliphatic rings. The van der Waals surface area contributed by atoms with Crippen LogP contribution in [0.4, 0.5) is 10.5 Å². The number of ether oxygens (including phenoxy) is 2. The minimum Gasteiger partial charge on any atom is -0.493 e. The summed E-state index contributed by atoms with van der Waals surface area (Å²) < 4.78 is 10.8. The molecule has 0 spiro atoms. The summed E-state index contributed by atoms with van der Waals surface area (Å²) >= 11 is 1.26. The van der Waals surface area contributed by atoms with Crippen molar-refractivity contribution in [2.75, 3.05) is 19.5 Å². The van der Waals surface area contributed by atoms with Gasteiger partial charge in [-0.25, -0.2) is 9.99 Å². The molecule has 1 unspecified atom stereocenters. The monoisotopic (exact) mass is 479 g/mol. The van der Waals surface area contributed by atoms with Crippen molar-refractivity contribution in [1.29, 1.82) is 0 Å². The van der Waals surface area contributed by atoms with Crippen molar-refractivity contribution >= 4 is 34.3 Å². The van der Waals surface area contributed by atoms with E-state index < -0.39 is 0 Å². The number of nitrogens with one attached hydrogen (secondary N) is 2. The fraction of sp³-hybridized carbons (Fsp3) is 0.250. The van der Waals surface area contributed by atoms with Crippen LogP contribution in [0.5, 0.6) is 11.5 Å². The summed E-state index contributed by atoms with van der Waals surface area (Å²) in [7, 11) is 3.18. The lowest BCUT2D eigenvalue weighted by molar-refractivity contribution is 0.102. The van der Waals surface area contributed by atoms with E-state index in [1.807, 2.05) is 43.3 Å². The maximum absolute atomic E-state index is 12.8. The fourth-order valence-corrected chi connectivity index (χ4v) is 4.52. The summed E-state index contributed by atoms with van der Waals surface area (Å²) in [5.74, 6) is 0.941. The van der Waals surface area contributed by atoms with Gasteiger partial charge in [-0.3, -0.25) is 9.59 Å². The number of nitrogens with zero attached hydrogens (tertiary/aromatic N) is 3. The van der Waals surface area contributed by atoms with Crippen LogP contribution in [0.1, 0.15) is 35.0 Å². The Hall–Kier alpha value is -3.79. The molecule has 0 fully saturated rings. The van der Waals surface area contributed by atoms with Crippen molar-refractivity contribution in [3.63, 3.8) is 0 Å². The maximum atomic E-state index is 12.8. The van der Waals surface area contributed by atoms with Crippen LogP contribution in [0.3, 0.4) is 0 Å². The van der Waals surface area contributed by atoms with Crippen molar-refractivity contribution in [3.8, 4) is 11.5 Å². The summed E-state index contributed by atoms with van der Waals surface area (Å²) in [5, 5.41) is 8.82. The Morgan fingerprint density at radius 2 is 2.00 bits per heavy atom. The number of thioether (sulfide) groups is 1. The van der Waals surface area contributed by atoms with Gasteiger partial charge in [0.2, 0.25) is 0 Å². The number of aromatic amines is 1. The number of hydrogen-bond donors (Lipinski definition) is 2. The van der Waals surface area contributed by atoms with Gasteiger partial charge >= 0.3 is 5.24 Å². The van der Waals surface area contributed by atoms with E-state index in [0.717, 1.165) is 23.3 Å². The van der Waals surface area contributed by atoms with Gasteiger partial charge in [0.05, 0.1) is 44.3 Å². The molecule has 1 aromatic heterocycles. The van der Waals surface area contributed by atoms with Gasteiger partial charge in [0, 0.05) is 11.3 Å². The number of carbonyl (C=O) groups excluding carboxylic acids is 2. The van der Waals surface area contributed by atoms with Crippen molar-refractivity contribution in [3.05, 3.63) is 71.8 Å². The normalized spacial score (nSPS) is 15.6. The van der Waals surface area contributed by atoms with Crippen LogP contribution in [0.15, 0.2) is 60.1 Å². The first-order valence-corrected chi connectivity index (χ1v) is 11.6. The smallest absolute Gasteiger partial charge is 0.302 e. The first kappa shape index (κ1) is 23.4. The summed E-state index contributed by atoms with van der Waals surface area (Å²) in [5.41, 5.74) is 3.49. The predicted octanol–water partition coefficient (Wildman–Crippen LogP) is 4.53. The second-order valence-corrected chi connectivity index (χ2v) is 8.67. The molecule has 9 nitrogen and oxygen atoms in total. The van der Waals surface area contributed by atoms with Crippen molar-refractivity contribution in [2.24, 2.45) is 5.10 Å². The molecule has 2 heterocycles. The van der Waals surface area contributed by atoms with E-state index in [4.69, 9.17) is 14.6 Å². The maximum Gasteiger partial charge on any atom is 0.302 e. The predicted molar refractivity (Wildman–Crippen MR) is 132 cm³/mol. The number of carbonyl (C=O) groups is 2. The molecule has 2 amide bonds. The SMILES string of the molecule is CCC1SC(=O)N(Cc2cccc(NC(=O)c3cnc[nH]3)c2)N=C1c1ccc(OC)c(OC)c1. The van der Waals surface area contributed by atoms with Gasteiger partial charge < -0.3 is 19.8 Å².